The largest absolute Gasteiger partial charge is 0.300 e. The Balaban J connectivity index is 2.55. The summed E-state index contributed by atoms with van der Waals surface area (Å²) in [7, 11) is 0. The molecule has 0 radical (unpaired) electrons. The Kier molecular flexibility index (Phi) is 3.97. The van der Waals surface area contributed by atoms with Crippen LogP contribution in [0, 0.1) is 11.3 Å². The average molecular weight is 275 g/mol. The third-order valence-electron chi connectivity index (χ3n) is 2.10. The molecule has 6 heteroatoms. The number of thiophene rings is 1. The second-order valence-electron chi connectivity index (χ2n) is 3.28. The number of nitrogens with one attached hydrogen (secondary N) is 1. The van der Waals surface area contributed by atoms with E-state index in [1.54, 1.807) is 6.08 Å². The van der Waals surface area contributed by atoms with Crippen molar-refractivity contribution in [3.63, 3.8) is 0 Å². The first-order valence-corrected chi connectivity index (χ1v) is 6.94. The summed E-state index contributed by atoms with van der Waals surface area (Å²) in [4.78, 5) is 19.5. The van der Waals surface area contributed by atoms with Crippen LogP contribution < -0.4 is 5.56 Å². The molecule has 0 saturated carbocycles. The Hall–Kier alpha value is -1.84. The van der Waals surface area contributed by atoms with Gasteiger partial charge in [-0.25, -0.2) is 4.98 Å². The summed E-state index contributed by atoms with van der Waals surface area (Å²) in [6, 6.07) is 5.61. The summed E-state index contributed by atoms with van der Waals surface area (Å²) >= 11 is 2.83. The van der Waals surface area contributed by atoms with Crippen molar-refractivity contribution in [1.82, 2.24) is 9.97 Å². The zero-order chi connectivity index (χ0) is 13.0. The summed E-state index contributed by atoms with van der Waals surface area (Å²) in [5, 5.41) is 11.4. The molecule has 0 aliphatic rings. The van der Waals surface area contributed by atoms with Crippen LogP contribution in [0.25, 0.3) is 10.6 Å². The fraction of sp³-hybridized carbons (Fsp3) is 0.0833. The lowest BCUT2D eigenvalue weighted by molar-refractivity contribution is 0.938. The molecular weight excluding hydrogens is 266 g/mol. The lowest BCUT2D eigenvalue weighted by Crippen LogP contribution is -2.14. The second-order valence-corrected chi connectivity index (χ2v) is 5.24. The summed E-state index contributed by atoms with van der Waals surface area (Å²) in [5.74, 6) is 0.652. The van der Waals surface area contributed by atoms with Gasteiger partial charge in [0.15, 0.2) is 5.16 Å². The van der Waals surface area contributed by atoms with Crippen LogP contribution in [0.15, 0.2) is 40.1 Å². The molecule has 0 saturated heterocycles. The Morgan fingerprint density at radius 2 is 2.50 bits per heavy atom. The summed E-state index contributed by atoms with van der Waals surface area (Å²) < 4.78 is 0. The molecule has 0 atom stereocenters. The maximum Gasteiger partial charge on any atom is 0.270 e. The Morgan fingerprint density at radius 3 is 3.11 bits per heavy atom. The highest BCUT2D eigenvalue weighted by atomic mass is 32.2. The van der Waals surface area contributed by atoms with Gasteiger partial charge in [-0.2, -0.15) is 5.26 Å². The molecule has 2 aromatic heterocycles. The van der Waals surface area contributed by atoms with E-state index in [-0.39, 0.29) is 5.56 Å². The monoisotopic (exact) mass is 275 g/mol. The molecule has 4 nitrogen and oxygen atoms in total. The fourth-order valence-electron chi connectivity index (χ4n) is 1.35. The smallest absolute Gasteiger partial charge is 0.270 e. The van der Waals surface area contributed by atoms with Crippen LogP contribution in [-0.4, -0.2) is 15.7 Å². The molecule has 0 fully saturated rings. The third-order valence-corrected chi connectivity index (χ3v) is 3.85. The first-order valence-electron chi connectivity index (χ1n) is 5.08. The van der Waals surface area contributed by atoms with Gasteiger partial charge in [0, 0.05) is 5.75 Å². The van der Waals surface area contributed by atoms with Crippen LogP contribution in [0.3, 0.4) is 0 Å². The number of H-pyrrole nitrogens is 1. The molecule has 0 aliphatic heterocycles. The maximum absolute atomic E-state index is 11.8. The van der Waals surface area contributed by atoms with E-state index in [4.69, 9.17) is 5.26 Å². The number of hydrogen-bond donors (Lipinski definition) is 1. The zero-order valence-corrected chi connectivity index (χ0v) is 11.0. The van der Waals surface area contributed by atoms with Crippen molar-refractivity contribution < 1.29 is 0 Å². The van der Waals surface area contributed by atoms with Crippen LogP contribution in [0.4, 0.5) is 0 Å². The number of aromatic amines is 1. The Morgan fingerprint density at radius 1 is 1.67 bits per heavy atom. The Labute approximate surface area is 112 Å². The summed E-state index contributed by atoms with van der Waals surface area (Å²) in [6.45, 7) is 3.61. The van der Waals surface area contributed by atoms with E-state index < -0.39 is 5.56 Å². The van der Waals surface area contributed by atoms with Gasteiger partial charge in [-0.05, 0) is 11.4 Å². The normalized spacial score (nSPS) is 9.94. The predicted octanol–water partition coefficient (Wildman–Crippen LogP) is 2.65. The van der Waals surface area contributed by atoms with Crippen molar-refractivity contribution in [1.29, 1.82) is 5.26 Å². The molecule has 2 heterocycles. The molecular formula is C12H9N3OS2. The second kappa shape index (κ2) is 5.67. The van der Waals surface area contributed by atoms with Crippen molar-refractivity contribution in [2.45, 2.75) is 5.16 Å². The standard InChI is InChI=1S/C12H9N3OS2/c1-2-5-18-12-14-10(9-4-3-6-17-9)8(7-13)11(16)15-12/h2-4,6H,1,5H2,(H,14,15,16). The zero-order valence-electron chi connectivity index (χ0n) is 9.34. The van der Waals surface area contributed by atoms with E-state index in [1.165, 1.54) is 23.1 Å². The van der Waals surface area contributed by atoms with Gasteiger partial charge >= 0.3 is 0 Å². The van der Waals surface area contributed by atoms with Crippen molar-refractivity contribution >= 4 is 23.1 Å². The lowest BCUT2D eigenvalue weighted by Gasteiger charge is -2.03. The fourth-order valence-corrected chi connectivity index (χ4v) is 2.67. The lowest BCUT2D eigenvalue weighted by atomic mass is 10.2. The maximum atomic E-state index is 11.8. The SMILES string of the molecule is C=CCSc1nc(-c2cccs2)c(C#N)c(=O)[nH]1. The van der Waals surface area contributed by atoms with Crippen LogP contribution in [0.5, 0.6) is 0 Å². The minimum absolute atomic E-state index is 0.0559. The topological polar surface area (TPSA) is 69.5 Å². The predicted molar refractivity (Wildman–Crippen MR) is 73.8 cm³/mol. The van der Waals surface area contributed by atoms with Crippen molar-refractivity contribution in [3.05, 3.63) is 46.1 Å². The molecule has 0 bridgehead atoms. The molecule has 1 N–H and O–H groups in total. The number of thioether (sulfide) groups is 1. The molecule has 18 heavy (non-hydrogen) atoms. The first-order chi connectivity index (χ1) is 8.76. The summed E-state index contributed by atoms with van der Waals surface area (Å²) in [5.41, 5.74) is 0.102. The highest BCUT2D eigenvalue weighted by Crippen LogP contribution is 2.25. The van der Waals surface area contributed by atoms with Crippen molar-refractivity contribution in [3.8, 4) is 16.6 Å². The van der Waals surface area contributed by atoms with Gasteiger partial charge in [-0.15, -0.1) is 17.9 Å². The molecule has 0 aliphatic carbocycles. The van der Waals surface area contributed by atoms with E-state index in [0.29, 0.717) is 16.6 Å². The minimum Gasteiger partial charge on any atom is -0.300 e. The van der Waals surface area contributed by atoms with Gasteiger partial charge in [0.05, 0.1) is 4.88 Å². The molecule has 0 unspecified atom stereocenters. The van der Waals surface area contributed by atoms with E-state index >= 15 is 0 Å². The average Bonchev–Trinajstić information content (AvgIpc) is 2.89. The van der Waals surface area contributed by atoms with Crippen LogP contribution in [0.2, 0.25) is 0 Å². The van der Waals surface area contributed by atoms with Gasteiger partial charge in [0.2, 0.25) is 0 Å². The minimum atomic E-state index is -0.400. The van der Waals surface area contributed by atoms with Crippen LogP contribution >= 0.6 is 23.1 Å². The molecule has 0 aromatic carbocycles. The molecule has 2 rings (SSSR count). The number of nitrogens with zero attached hydrogens (tertiary/aromatic N) is 2. The Bertz CT molecular complexity index is 653. The third kappa shape index (κ3) is 2.53. The van der Waals surface area contributed by atoms with Crippen molar-refractivity contribution in [2.24, 2.45) is 0 Å². The number of hydrogen-bond acceptors (Lipinski definition) is 5. The quantitative estimate of drug-likeness (QED) is 0.529. The van der Waals surface area contributed by atoms with Gasteiger partial charge in [-0.3, -0.25) is 4.79 Å². The number of rotatable bonds is 4. The van der Waals surface area contributed by atoms with Gasteiger partial charge < -0.3 is 4.98 Å². The molecule has 0 amide bonds. The van der Waals surface area contributed by atoms with Crippen molar-refractivity contribution in [2.75, 3.05) is 5.75 Å². The van der Waals surface area contributed by atoms with E-state index in [9.17, 15) is 4.79 Å². The summed E-state index contributed by atoms with van der Waals surface area (Å²) in [6.07, 6.45) is 1.73. The highest BCUT2D eigenvalue weighted by molar-refractivity contribution is 7.99. The van der Waals surface area contributed by atoms with E-state index in [2.05, 4.69) is 16.5 Å². The van der Waals surface area contributed by atoms with E-state index in [0.717, 1.165) is 4.88 Å². The van der Waals surface area contributed by atoms with Gasteiger partial charge in [-0.1, -0.05) is 23.9 Å². The van der Waals surface area contributed by atoms with Gasteiger partial charge in [0.1, 0.15) is 17.3 Å². The number of nitriles is 1. The van der Waals surface area contributed by atoms with E-state index in [1.807, 2.05) is 23.6 Å². The van der Waals surface area contributed by atoms with Crippen LogP contribution in [0.1, 0.15) is 5.56 Å². The van der Waals surface area contributed by atoms with Gasteiger partial charge in [0.25, 0.3) is 5.56 Å². The number of aromatic nitrogens is 2. The van der Waals surface area contributed by atoms with Crippen LogP contribution in [-0.2, 0) is 0 Å². The molecule has 0 spiro atoms. The first kappa shape index (κ1) is 12.6. The molecule has 2 aromatic rings. The molecule has 90 valence electrons. The highest BCUT2D eigenvalue weighted by Gasteiger charge is 2.13.